The van der Waals surface area contributed by atoms with Crippen LogP contribution in [-0.4, -0.2) is 66.0 Å². The molecule has 0 bridgehead atoms. The summed E-state index contributed by atoms with van der Waals surface area (Å²) >= 11 is 0. The number of nitrogens with zero attached hydrogens (tertiary/aromatic N) is 4. The highest BCUT2D eigenvalue weighted by Crippen LogP contribution is 2.31. The number of likely N-dealkylation sites (tertiary alicyclic amines) is 1. The molecule has 2 saturated heterocycles. The van der Waals surface area contributed by atoms with E-state index in [1.165, 1.54) is 0 Å². The van der Waals surface area contributed by atoms with Crippen LogP contribution in [0.4, 0.5) is 5.82 Å². The largest absolute Gasteiger partial charge is 0.355 e. The van der Waals surface area contributed by atoms with Gasteiger partial charge in [0.25, 0.3) is 5.91 Å². The second-order valence-corrected chi connectivity index (χ2v) is 6.65. The number of hydrogen-bond acceptors (Lipinski definition) is 6. The molecule has 3 rings (SSSR count). The lowest BCUT2D eigenvalue weighted by Gasteiger charge is -2.37. The van der Waals surface area contributed by atoms with Crippen molar-refractivity contribution in [3.63, 3.8) is 0 Å². The number of hydrogen-bond donors (Lipinski definition) is 0. The first-order chi connectivity index (χ1) is 12.2. The molecule has 1 spiro atoms. The van der Waals surface area contributed by atoms with Crippen molar-refractivity contribution < 1.29 is 14.3 Å². The molecule has 3 heterocycles. The van der Waals surface area contributed by atoms with Crippen LogP contribution in [0.3, 0.4) is 0 Å². The van der Waals surface area contributed by atoms with Gasteiger partial charge in [-0.25, -0.2) is 9.97 Å². The quantitative estimate of drug-likeness (QED) is 0.784. The van der Waals surface area contributed by atoms with Crippen LogP contribution in [0.15, 0.2) is 12.4 Å². The van der Waals surface area contributed by atoms with E-state index in [1.807, 2.05) is 4.90 Å². The average Bonchev–Trinajstić information content (AvgIpc) is 3.10. The van der Waals surface area contributed by atoms with Crippen molar-refractivity contribution in [3.05, 3.63) is 18.1 Å². The number of carbonyl (C=O) groups is 1. The van der Waals surface area contributed by atoms with Crippen molar-refractivity contribution in [3.8, 4) is 0 Å². The standard InChI is InChI=1S/C18H28N4O3/c1-3-7-21(8-4-2)16-14-19-15(13-20-16)17(23)22-9-5-18(6-10-22)24-11-12-25-18/h13-14H,3-12H2,1-2H3. The molecular formula is C18H28N4O3. The molecule has 0 N–H and O–H groups in total. The predicted molar refractivity (Wildman–Crippen MR) is 94.6 cm³/mol. The lowest BCUT2D eigenvalue weighted by molar-refractivity contribution is -0.181. The van der Waals surface area contributed by atoms with Crippen molar-refractivity contribution in [2.24, 2.45) is 0 Å². The van der Waals surface area contributed by atoms with E-state index in [-0.39, 0.29) is 5.91 Å². The molecule has 25 heavy (non-hydrogen) atoms. The van der Waals surface area contributed by atoms with Crippen LogP contribution in [0.2, 0.25) is 0 Å². The molecule has 2 fully saturated rings. The Balaban J connectivity index is 1.61. The molecule has 0 aliphatic carbocycles. The minimum Gasteiger partial charge on any atom is -0.355 e. The fraction of sp³-hybridized carbons (Fsp3) is 0.722. The second kappa shape index (κ2) is 8.10. The molecule has 0 saturated carbocycles. The van der Waals surface area contributed by atoms with Gasteiger partial charge in [0.05, 0.1) is 25.6 Å². The summed E-state index contributed by atoms with van der Waals surface area (Å²) in [5.74, 6) is 0.308. The summed E-state index contributed by atoms with van der Waals surface area (Å²) in [5.41, 5.74) is 0.404. The topological polar surface area (TPSA) is 67.8 Å². The molecular weight excluding hydrogens is 320 g/mol. The molecule has 0 aromatic carbocycles. The normalized spacial score (nSPS) is 19.4. The highest BCUT2D eigenvalue weighted by Gasteiger charge is 2.41. The van der Waals surface area contributed by atoms with Gasteiger partial charge < -0.3 is 19.3 Å². The zero-order valence-electron chi connectivity index (χ0n) is 15.2. The number of piperidine rings is 1. The van der Waals surface area contributed by atoms with Crippen LogP contribution < -0.4 is 4.90 Å². The monoisotopic (exact) mass is 348 g/mol. The van der Waals surface area contributed by atoms with Crippen LogP contribution in [0.5, 0.6) is 0 Å². The Bertz CT molecular complexity index is 556. The maximum atomic E-state index is 12.7. The Kier molecular flexibility index (Phi) is 5.86. The van der Waals surface area contributed by atoms with Crippen LogP contribution in [0, 0.1) is 0 Å². The molecule has 2 aliphatic heterocycles. The van der Waals surface area contributed by atoms with Gasteiger partial charge in [-0.2, -0.15) is 0 Å². The summed E-state index contributed by atoms with van der Waals surface area (Å²) in [4.78, 5) is 25.5. The van der Waals surface area contributed by atoms with E-state index in [0.29, 0.717) is 44.8 Å². The molecule has 7 heteroatoms. The Morgan fingerprint density at radius 2 is 1.76 bits per heavy atom. The summed E-state index contributed by atoms with van der Waals surface area (Å²) in [6.07, 6.45) is 6.86. The Morgan fingerprint density at radius 1 is 1.12 bits per heavy atom. The lowest BCUT2D eigenvalue weighted by Crippen LogP contribution is -2.47. The zero-order valence-corrected chi connectivity index (χ0v) is 15.2. The molecule has 1 amide bonds. The van der Waals surface area contributed by atoms with Gasteiger partial charge in [0, 0.05) is 39.0 Å². The summed E-state index contributed by atoms with van der Waals surface area (Å²) in [7, 11) is 0. The number of carbonyl (C=O) groups excluding carboxylic acids is 1. The molecule has 0 unspecified atom stereocenters. The van der Waals surface area contributed by atoms with Gasteiger partial charge in [-0.3, -0.25) is 4.79 Å². The molecule has 0 atom stereocenters. The van der Waals surface area contributed by atoms with Crippen LogP contribution >= 0.6 is 0 Å². The summed E-state index contributed by atoms with van der Waals surface area (Å²) in [6.45, 7) is 8.73. The predicted octanol–water partition coefficient (Wildman–Crippen LogP) is 2.08. The van der Waals surface area contributed by atoms with Gasteiger partial charge in [0.1, 0.15) is 11.5 Å². The van der Waals surface area contributed by atoms with Crippen LogP contribution in [0.25, 0.3) is 0 Å². The molecule has 0 radical (unpaired) electrons. The van der Waals surface area contributed by atoms with Gasteiger partial charge in [-0.15, -0.1) is 0 Å². The summed E-state index contributed by atoms with van der Waals surface area (Å²) in [6, 6.07) is 0. The van der Waals surface area contributed by atoms with Crippen molar-refractivity contribution in [1.82, 2.24) is 14.9 Å². The van der Waals surface area contributed by atoms with Crippen molar-refractivity contribution in [2.45, 2.75) is 45.3 Å². The summed E-state index contributed by atoms with van der Waals surface area (Å²) < 4.78 is 11.4. The van der Waals surface area contributed by atoms with Crippen LogP contribution in [0.1, 0.15) is 50.0 Å². The minimum absolute atomic E-state index is 0.0653. The fourth-order valence-corrected chi connectivity index (χ4v) is 3.47. The van der Waals surface area contributed by atoms with E-state index in [9.17, 15) is 4.79 Å². The average molecular weight is 348 g/mol. The van der Waals surface area contributed by atoms with E-state index in [4.69, 9.17) is 9.47 Å². The number of aromatic nitrogens is 2. The zero-order chi connectivity index (χ0) is 17.7. The SMILES string of the molecule is CCCN(CCC)c1cnc(C(=O)N2CCC3(CC2)OCCO3)cn1. The Morgan fingerprint density at radius 3 is 2.28 bits per heavy atom. The van der Waals surface area contributed by atoms with E-state index in [2.05, 4.69) is 28.7 Å². The number of rotatable bonds is 6. The van der Waals surface area contributed by atoms with Gasteiger partial charge in [-0.05, 0) is 12.8 Å². The molecule has 7 nitrogen and oxygen atoms in total. The molecule has 1 aromatic rings. The van der Waals surface area contributed by atoms with E-state index in [1.54, 1.807) is 12.4 Å². The Labute approximate surface area is 149 Å². The first-order valence-corrected chi connectivity index (χ1v) is 9.31. The lowest BCUT2D eigenvalue weighted by atomic mass is 10.0. The van der Waals surface area contributed by atoms with Gasteiger partial charge in [0.15, 0.2) is 5.79 Å². The number of ether oxygens (including phenoxy) is 2. The Hall–Kier alpha value is -1.73. The molecule has 2 aliphatic rings. The maximum Gasteiger partial charge on any atom is 0.274 e. The van der Waals surface area contributed by atoms with Crippen molar-refractivity contribution in [2.75, 3.05) is 44.3 Å². The first-order valence-electron chi connectivity index (χ1n) is 9.31. The van der Waals surface area contributed by atoms with E-state index < -0.39 is 5.79 Å². The van der Waals surface area contributed by atoms with E-state index >= 15 is 0 Å². The van der Waals surface area contributed by atoms with E-state index in [0.717, 1.165) is 31.7 Å². The van der Waals surface area contributed by atoms with Crippen molar-refractivity contribution in [1.29, 1.82) is 0 Å². The van der Waals surface area contributed by atoms with Gasteiger partial charge in [0.2, 0.25) is 0 Å². The number of amides is 1. The van der Waals surface area contributed by atoms with Gasteiger partial charge >= 0.3 is 0 Å². The molecule has 1 aromatic heterocycles. The smallest absolute Gasteiger partial charge is 0.274 e. The third-order valence-electron chi connectivity index (χ3n) is 4.79. The first kappa shape index (κ1) is 18.1. The second-order valence-electron chi connectivity index (χ2n) is 6.65. The highest BCUT2D eigenvalue weighted by molar-refractivity contribution is 5.92. The van der Waals surface area contributed by atoms with Crippen LogP contribution in [-0.2, 0) is 9.47 Å². The third-order valence-corrected chi connectivity index (χ3v) is 4.79. The third kappa shape index (κ3) is 4.10. The minimum atomic E-state index is -0.465. The number of anilines is 1. The van der Waals surface area contributed by atoms with Crippen molar-refractivity contribution >= 4 is 11.7 Å². The molecule has 138 valence electrons. The maximum absolute atomic E-state index is 12.7. The van der Waals surface area contributed by atoms with Gasteiger partial charge in [-0.1, -0.05) is 13.8 Å². The fourth-order valence-electron chi connectivity index (χ4n) is 3.47. The highest BCUT2D eigenvalue weighted by atomic mass is 16.7. The summed E-state index contributed by atoms with van der Waals surface area (Å²) in [5, 5.41) is 0.